The smallest absolute Gasteiger partial charge is 0.265 e. The molecule has 4 aromatic carbocycles. The van der Waals surface area contributed by atoms with Crippen LogP contribution in [0.5, 0.6) is 0 Å². The van der Waals surface area contributed by atoms with Gasteiger partial charge in [0.2, 0.25) is 5.52 Å². The average molecular weight is 710 g/mol. The van der Waals surface area contributed by atoms with Gasteiger partial charge in [0.1, 0.15) is 4.70 Å². The monoisotopic (exact) mass is 709 g/mol. The van der Waals surface area contributed by atoms with Crippen LogP contribution in [0.4, 0.5) is 5.69 Å². The first kappa shape index (κ1) is 31.3. The minimum absolute atomic E-state index is 0.229. The van der Waals surface area contributed by atoms with Gasteiger partial charge in [0.25, 0.3) is 25.2 Å². The third-order valence-electron chi connectivity index (χ3n) is 7.95. The van der Waals surface area contributed by atoms with Crippen molar-refractivity contribution in [2.45, 2.75) is 24.3 Å². The molecule has 0 radical (unpaired) electrons. The van der Waals surface area contributed by atoms with E-state index in [1.807, 2.05) is 30.3 Å². The van der Waals surface area contributed by atoms with Crippen molar-refractivity contribution < 1.29 is 30.5 Å². The predicted molar refractivity (Wildman–Crippen MR) is 190 cm³/mol. The molecule has 0 saturated carbocycles. The number of thiophene rings is 1. The highest BCUT2D eigenvalue weighted by Crippen LogP contribution is 2.49. The third-order valence-corrected chi connectivity index (χ3v) is 12.7. The molecule has 6 aromatic rings. The number of hydrogen-bond donors (Lipinski definition) is 2. The molecule has 13 heteroatoms. The molecule has 1 aliphatic rings. The first-order valence-corrected chi connectivity index (χ1v) is 20.3. The fourth-order valence-electron chi connectivity index (χ4n) is 5.93. The van der Waals surface area contributed by atoms with Crippen LogP contribution in [0.3, 0.4) is 0 Å². The summed E-state index contributed by atoms with van der Waals surface area (Å²) in [5.41, 5.74) is 4.16. The minimum atomic E-state index is -4.13. The molecule has 0 spiro atoms. The van der Waals surface area contributed by atoms with Crippen molar-refractivity contribution >= 4 is 97.5 Å². The second kappa shape index (κ2) is 12.4. The first-order valence-electron chi connectivity index (χ1n) is 14.6. The van der Waals surface area contributed by atoms with Crippen molar-refractivity contribution in [2.75, 3.05) is 23.0 Å². The molecule has 2 N–H and O–H groups in total. The molecule has 0 aliphatic carbocycles. The van der Waals surface area contributed by atoms with Crippen LogP contribution in [0.25, 0.3) is 48.3 Å². The highest BCUT2D eigenvalue weighted by molar-refractivity contribution is 8.04. The van der Waals surface area contributed by atoms with E-state index in [4.69, 9.17) is 0 Å². The van der Waals surface area contributed by atoms with Crippen LogP contribution in [0.15, 0.2) is 94.2 Å². The molecular formula is C33H29N2O6S5+. The lowest BCUT2D eigenvalue weighted by atomic mass is 10.0. The average Bonchev–Trinajstić information content (AvgIpc) is 3.69. The number of thioether (sulfide) groups is 1. The van der Waals surface area contributed by atoms with E-state index in [1.165, 1.54) is 10.1 Å². The van der Waals surface area contributed by atoms with Crippen molar-refractivity contribution in [3.05, 3.63) is 94.3 Å². The molecule has 46 heavy (non-hydrogen) atoms. The Balaban J connectivity index is 1.33. The maximum atomic E-state index is 11.6. The molecule has 0 atom stereocenters. The van der Waals surface area contributed by atoms with Gasteiger partial charge < -0.3 is 4.90 Å². The van der Waals surface area contributed by atoms with Gasteiger partial charge in [-0.2, -0.15) is 21.4 Å². The van der Waals surface area contributed by atoms with Crippen molar-refractivity contribution in [3.8, 4) is 11.1 Å². The van der Waals surface area contributed by atoms with Crippen LogP contribution in [0, 0.1) is 0 Å². The lowest BCUT2D eigenvalue weighted by Gasteiger charge is -2.20. The number of thiazole rings is 1. The summed E-state index contributed by atoms with van der Waals surface area (Å²) in [7, 11) is -8.25. The van der Waals surface area contributed by atoms with Crippen LogP contribution in [-0.4, -0.2) is 44.0 Å². The summed E-state index contributed by atoms with van der Waals surface area (Å²) >= 11 is 4.88. The van der Waals surface area contributed by atoms with E-state index in [2.05, 4.69) is 69.5 Å². The predicted octanol–water partition coefficient (Wildman–Crippen LogP) is 7.69. The molecule has 236 valence electrons. The number of aromatic nitrogens is 1. The number of aryl methyl sites for hydroxylation is 1. The number of rotatable bonds is 10. The minimum Gasteiger partial charge on any atom is -0.335 e. The van der Waals surface area contributed by atoms with Crippen molar-refractivity contribution in [1.82, 2.24) is 0 Å². The zero-order valence-corrected chi connectivity index (χ0v) is 28.4. The molecule has 0 fully saturated rings. The second-order valence-electron chi connectivity index (χ2n) is 11.1. The SMILES string of the molecule is O=S(=O)(O)CCCN1C(=Cc2sc3ccc4ccccc4c3[n+]2CCCS(=O)(=O)O)Sc2ccc(-c3csc4ccccc34)cc21. The summed E-state index contributed by atoms with van der Waals surface area (Å²) in [6.45, 7) is 0.749. The van der Waals surface area contributed by atoms with Crippen molar-refractivity contribution in [1.29, 1.82) is 0 Å². The van der Waals surface area contributed by atoms with E-state index in [0.717, 1.165) is 52.7 Å². The number of nitrogens with zero attached hydrogens (tertiary/aromatic N) is 2. The molecule has 0 saturated heterocycles. The zero-order chi connectivity index (χ0) is 32.1. The molecular weight excluding hydrogens is 681 g/mol. The Morgan fingerprint density at radius 2 is 1.54 bits per heavy atom. The van der Waals surface area contributed by atoms with E-state index in [1.54, 1.807) is 34.4 Å². The van der Waals surface area contributed by atoms with Gasteiger partial charge in [0.05, 0.1) is 33.7 Å². The number of anilines is 1. The maximum absolute atomic E-state index is 11.6. The molecule has 0 amide bonds. The quantitative estimate of drug-likeness (QED) is 0.110. The summed E-state index contributed by atoms with van der Waals surface area (Å²) in [6.07, 6.45) is 2.54. The molecule has 2 aromatic heterocycles. The van der Waals surface area contributed by atoms with Gasteiger partial charge in [-0.15, -0.1) is 11.3 Å². The summed E-state index contributed by atoms with van der Waals surface area (Å²) < 4.78 is 69.7. The highest BCUT2D eigenvalue weighted by Gasteiger charge is 2.29. The normalized spacial score (nSPS) is 14.7. The standard InChI is InChI=1S/C33H28N2O6S5/c36-45(37,38)17-5-15-34-27-19-23(26-21-42-28-10-4-3-9-25(26)28)12-13-29(27)43-31(34)20-32-35(16-6-18-46(39,40)41)33-24-8-2-1-7-22(24)11-14-30(33)44-32/h1-4,7-14,19-21H,5-6,15-18H2,(H-,36,37,38,39,40,41)/p+1. The Kier molecular flexibility index (Phi) is 8.42. The van der Waals surface area contributed by atoms with Crippen molar-refractivity contribution in [3.63, 3.8) is 0 Å². The van der Waals surface area contributed by atoms with Crippen molar-refractivity contribution in [2.24, 2.45) is 0 Å². The van der Waals surface area contributed by atoms with E-state index in [-0.39, 0.29) is 24.3 Å². The van der Waals surface area contributed by atoms with E-state index >= 15 is 0 Å². The first-order chi connectivity index (χ1) is 22.0. The molecule has 0 unspecified atom stereocenters. The Morgan fingerprint density at radius 1 is 0.804 bits per heavy atom. The van der Waals surface area contributed by atoms with E-state index in [0.29, 0.717) is 13.1 Å². The van der Waals surface area contributed by atoms with Crippen LogP contribution in [0.2, 0.25) is 0 Å². The van der Waals surface area contributed by atoms with E-state index in [9.17, 15) is 25.9 Å². The molecule has 0 bridgehead atoms. The number of benzene rings is 4. The van der Waals surface area contributed by atoms with Crippen LogP contribution in [0.1, 0.15) is 17.8 Å². The molecule has 7 rings (SSSR count). The van der Waals surface area contributed by atoms with Crippen LogP contribution in [-0.2, 0) is 26.8 Å². The summed E-state index contributed by atoms with van der Waals surface area (Å²) in [5.74, 6) is -0.698. The number of hydrogen-bond acceptors (Lipinski definition) is 8. The van der Waals surface area contributed by atoms with E-state index < -0.39 is 20.2 Å². The van der Waals surface area contributed by atoms with Gasteiger partial charge in [-0.25, -0.2) is 0 Å². The molecule has 3 heterocycles. The van der Waals surface area contributed by atoms with Gasteiger partial charge in [-0.3, -0.25) is 9.11 Å². The van der Waals surface area contributed by atoms with Crippen LogP contribution >= 0.6 is 34.4 Å². The third kappa shape index (κ3) is 6.45. The largest absolute Gasteiger partial charge is 0.335 e. The summed E-state index contributed by atoms with van der Waals surface area (Å²) in [4.78, 5) is 3.14. The lowest BCUT2D eigenvalue weighted by molar-refractivity contribution is -0.667. The summed E-state index contributed by atoms with van der Waals surface area (Å²) in [6, 6.07) is 26.8. The Hall–Kier alpha value is -3.30. The Bertz CT molecular complexity index is 2380. The second-order valence-corrected chi connectivity index (χ2v) is 17.2. The fraction of sp³-hybridized carbons (Fsp3) is 0.182. The maximum Gasteiger partial charge on any atom is 0.265 e. The molecule has 8 nitrogen and oxygen atoms in total. The highest BCUT2D eigenvalue weighted by atomic mass is 32.2. The Morgan fingerprint density at radius 3 is 2.35 bits per heavy atom. The van der Waals surface area contributed by atoms with Gasteiger partial charge >= 0.3 is 0 Å². The van der Waals surface area contributed by atoms with Gasteiger partial charge in [-0.1, -0.05) is 71.6 Å². The van der Waals surface area contributed by atoms with Gasteiger partial charge in [0.15, 0.2) is 6.54 Å². The van der Waals surface area contributed by atoms with Crippen LogP contribution < -0.4 is 9.47 Å². The topological polar surface area (TPSA) is 116 Å². The number of fused-ring (bicyclic) bond motifs is 5. The Labute approximate surface area is 279 Å². The summed E-state index contributed by atoms with van der Waals surface area (Å²) in [5, 5.41) is 7.25. The zero-order valence-electron chi connectivity index (χ0n) is 24.4. The van der Waals surface area contributed by atoms with Gasteiger partial charge in [0, 0.05) is 33.5 Å². The fourth-order valence-corrected chi connectivity index (χ4v) is 10.2. The lowest BCUT2D eigenvalue weighted by Crippen LogP contribution is -2.36. The van der Waals surface area contributed by atoms with Gasteiger partial charge in [-0.05, 0) is 53.1 Å². The molecule has 1 aliphatic heterocycles.